The van der Waals surface area contributed by atoms with E-state index in [9.17, 15) is 5.11 Å². The highest BCUT2D eigenvalue weighted by molar-refractivity contribution is 5.11. The molecule has 5 heteroatoms. The van der Waals surface area contributed by atoms with E-state index in [4.69, 9.17) is 4.74 Å². The lowest BCUT2D eigenvalue weighted by molar-refractivity contribution is -0.0290. The molecule has 2 N–H and O–H groups in total. The Balaban J connectivity index is 1.85. The number of nitrogens with zero attached hydrogens (tertiary/aromatic N) is 2. The van der Waals surface area contributed by atoms with Crippen molar-refractivity contribution in [3.63, 3.8) is 0 Å². The molecule has 5 nitrogen and oxygen atoms in total. The average Bonchev–Trinajstić information content (AvgIpc) is 2.87. The van der Waals surface area contributed by atoms with E-state index >= 15 is 0 Å². The van der Waals surface area contributed by atoms with Crippen LogP contribution in [-0.4, -0.2) is 40.0 Å². The average molecular weight is 237 g/mol. The first kappa shape index (κ1) is 11.2. The third-order valence-electron chi connectivity index (χ3n) is 3.98. The fourth-order valence-electron chi connectivity index (χ4n) is 3.07. The Bertz CT molecular complexity index is 412. The highest BCUT2D eigenvalue weighted by Crippen LogP contribution is 2.43. The van der Waals surface area contributed by atoms with E-state index in [1.54, 1.807) is 6.20 Å². The number of aryl methyl sites for hydroxylation is 1. The molecule has 1 aromatic heterocycles. The molecule has 0 radical (unpaired) electrons. The molecular weight excluding hydrogens is 218 g/mol. The summed E-state index contributed by atoms with van der Waals surface area (Å²) in [5, 5.41) is 14.0. The Morgan fingerprint density at radius 1 is 1.47 bits per heavy atom. The maximum absolute atomic E-state index is 10.7. The summed E-state index contributed by atoms with van der Waals surface area (Å²) in [7, 11) is 1.91. The Morgan fingerprint density at radius 2 is 2.24 bits per heavy atom. The molecule has 2 saturated heterocycles. The number of nitrogens with one attached hydrogen (secondary N) is 1. The van der Waals surface area contributed by atoms with Gasteiger partial charge in [-0.3, -0.25) is 0 Å². The molecule has 0 aliphatic carbocycles. The van der Waals surface area contributed by atoms with Crippen LogP contribution < -0.4 is 5.32 Å². The Hall–Kier alpha value is -0.910. The molecule has 2 fully saturated rings. The van der Waals surface area contributed by atoms with Gasteiger partial charge in [0.05, 0.1) is 12.2 Å². The van der Waals surface area contributed by atoms with Gasteiger partial charge in [-0.15, -0.1) is 0 Å². The number of imidazole rings is 1. The van der Waals surface area contributed by atoms with Crippen LogP contribution in [0.5, 0.6) is 0 Å². The molecule has 2 aliphatic heterocycles. The van der Waals surface area contributed by atoms with Gasteiger partial charge in [-0.05, 0) is 25.9 Å². The Kier molecular flexibility index (Phi) is 2.50. The van der Waals surface area contributed by atoms with E-state index in [1.165, 1.54) is 0 Å². The summed E-state index contributed by atoms with van der Waals surface area (Å²) < 4.78 is 7.81. The second kappa shape index (κ2) is 3.80. The molecule has 1 atom stereocenters. The van der Waals surface area contributed by atoms with Crippen LogP contribution >= 0.6 is 0 Å². The van der Waals surface area contributed by atoms with Gasteiger partial charge in [-0.2, -0.15) is 0 Å². The third-order valence-corrected chi connectivity index (χ3v) is 3.98. The van der Waals surface area contributed by atoms with Crippen LogP contribution in [0.3, 0.4) is 0 Å². The molecule has 1 unspecified atom stereocenters. The second-order valence-corrected chi connectivity index (χ2v) is 5.29. The Morgan fingerprint density at radius 3 is 2.88 bits per heavy atom. The molecule has 3 rings (SSSR count). The normalized spacial score (nSPS) is 32.1. The molecule has 1 aromatic rings. The molecule has 2 aliphatic rings. The van der Waals surface area contributed by atoms with E-state index < -0.39 is 5.60 Å². The summed E-state index contributed by atoms with van der Waals surface area (Å²) in [5.41, 5.74) is -1.07. The summed E-state index contributed by atoms with van der Waals surface area (Å²) in [4.78, 5) is 4.26. The number of rotatable bonds is 1. The van der Waals surface area contributed by atoms with Gasteiger partial charge in [0.25, 0.3) is 0 Å². The van der Waals surface area contributed by atoms with Gasteiger partial charge in [0.2, 0.25) is 0 Å². The van der Waals surface area contributed by atoms with Crippen LogP contribution in [0.15, 0.2) is 12.4 Å². The van der Waals surface area contributed by atoms with Crippen molar-refractivity contribution >= 4 is 0 Å². The minimum atomic E-state index is -0.921. The topological polar surface area (TPSA) is 59.3 Å². The molecule has 1 spiro atoms. The lowest BCUT2D eigenvalue weighted by Crippen LogP contribution is -2.42. The Labute approximate surface area is 101 Å². The first-order valence-electron chi connectivity index (χ1n) is 6.19. The molecule has 0 amide bonds. The minimum absolute atomic E-state index is 0.147. The SMILES string of the molecule is Cn1ccnc1C1(O)COC2(CCNCC2)C1. The summed E-state index contributed by atoms with van der Waals surface area (Å²) in [6, 6.07) is 0. The standard InChI is InChI=1S/C12H19N3O2/c1-15-7-6-14-10(15)12(16)8-11(17-9-12)2-4-13-5-3-11/h6-7,13,16H,2-5,8-9H2,1H3. The van der Waals surface area contributed by atoms with Crippen molar-refractivity contribution in [3.8, 4) is 0 Å². The molecular formula is C12H19N3O2. The largest absolute Gasteiger partial charge is 0.379 e. The zero-order chi connectivity index (χ0) is 11.9. The van der Waals surface area contributed by atoms with Crippen molar-refractivity contribution in [1.82, 2.24) is 14.9 Å². The highest BCUT2D eigenvalue weighted by atomic mass is 16.5. The zero-order valence-corrected chi connectivity index (χ0v) is 10.1. The fraction of sp³-hybridized carbons (Fsp3) is 0.750. The van der Waals surface area contributed by atoms with Gasteiger partial charge >= 0.3 is 0 Å². The van der Waals surface area contributed by atoms with E-state index in [0.717, 1.165) is 25.9 Å². The minimum Gasteiger partial charge on any atom is -0.379 e. The van der Waals surface area contributed by atoms with Crippen LogP contribution in [0.1, 0.15) is 25.1 Å². The van der Waals surface area contributed by atoms with Crippen LogP contribution in [0.2, 0.25) is 0 Å². The fourth-order valence-corrected chi connectivity index (χ4v) is 3.07. The van der Waals surface area contributed by atoms with Crippen molar-refractivity contribution in [1.29, 1.82) is 0 Å². The summed E-state index contributed by atoms with van der Waals surface area (Å²) in [5.74, 6) is 0.716. The van der Waals surface area contributed by atoms with Gasteiger partial charge < -0.3 is 19.7 Å². The van der Waals surface area contributed by atoms with Crippen LogP contribution in [-0.2, 0) is 17.4 Å². The molecule has 94 valence electrons. The molecule has 17 heavy (non-hydrogen) atoms. The van der Waals surface area contributed by atoms with Gasteiger partial charge in [0.15, 0.2) is 0 Å². The van der Waals surface area contributed by atoms with Crippen LogP contribution in [0.4, 0.5) is 0 Å². The predicted molar refractivity (Wildman–Crippen MR) is 62.5 cm³/mol. The lowest BCUT2D eigenvalue weighted by Gasteiger charge is -2.33. The summed E-state index contributed by atoms with van der Waals surface area (Å²) >= 11 is 0. The number of hydrogen-bond acceptors (Lipinski definition) is 4. The molecule has 3 heterocycles. The third kappa shape index (κ3) is 1.78. The monoisotopic (exact) mass is 237 g/mol. The van der Waals surface area contributed by atoms with Gasteiger partial charge in [-0.25, -0.2) is 4.98 Å². The van der Waals surface area contributed by atoms with Gasteiger partial charge in [-0.1, -0.05) is 0 Å². The van der Waals surface area contributed by atoms with E-state index in [2.05, 4.69) is 10.3 Å². The first-order valence-corrected chi connectivity index (χ1v) is 6.19. The predicted octanol–water partition coefficient (Wildman–Crippen LogP) is 0.150. The van der Waals surface area contributed by atoms with Gasteiger partial charge in [0.1, 0.15) is 11.4 Å². The molecule has 0 saturated carbocycles. The molecule has 0 aromatic carbocycles. The number of ether oxygens (including phenoxy) is 1. The lowest BCUT2D eigenvalue weighted by atomic mass is 9.84. The number of aliphatic hydroxyl groups is 1. The summed E-state index contributed by atoms with van der Waals surface area (Å²) in [6.45, 7) is 2.30. The second-order valence-electron chi connectivity index (χ2n) is 5.29. The smallest absolute Gasteiger partial charge is 0.148 e. The van der Waals surface area contributed by atoms with Crippen molar-refractivity contribution in [2.75, 3.05) is 19.7 Å². The quantitative estimate of drug-likeness (QED) is 0.730. The highest BCUT2D eigenvalue weighted by Gasteiger charge is 2.51. The van der Waals surface area contributed by atoms with E-state index in [1.807, 2.05) is 17.8 Å². The van der Waals surface area contributed by atoms with Crippen molar-refractivity contribution in [3.05, 3.63) is 18.2 Å². The maximum Gasteiger partial charge on any atom is 0.148 e. The maximum atomic E-state index is 10.7. The van der Waals surface area contributed by atoms with Crippen molar-refractivity contribution in [2.45, 2.75) is 30.5 Å². The summed E-state index contributed by atoms with van der Waals surface area (Å²) in [6.07, 6.45) is 6.19. The first-order chi connectivity index (χ1) is 8.14. The van der Waals surface area contributed by atoms with Crippen LogP contribution in [0, 0.1) is 0 Å². The number of piperidine rings is 1. The zero-order valence-electron chi connectivity index (χ0n) is 10.1. The molecule has 0 bridgehead atoms. The van der Waals surface area contributed by atoms with Crippen LogP contribution in [0.25, 0.3) is 0 Å². The van der Waals surface area contributed by atoms with E-state index in [-0.39, 0.29) is 5.60 Å². The van der Waals surface area contributed by atoms with Gasteiger partial charge in [0, 0.05) is 25.9 Å². The number of aromatic nitrogens is 2. The van der Waals surface area contributed by atoms with E-state index in [0.29, 0.717) is 18.9 Å². The van der Waals surface area contributed by atoms with Crippen molar-refractivity contribution in [2.24, 2.45) is 7.05 Å². The number of hydrogen-bond donors (Lipinski definition) is 2. The van der Waals surface area contributed by atoms with Crippen molar-refractivity contribution < 1.29 is 9.84 Å².